The average molecular weight is 274 g/mol. The average Bonchev–Trinajstić information content (AvgIpc) is 2.67. The summed E-state index contributed by atoms with van der Waals surface area (Å²) in [5.41, 5.74) is 4.25. The van der Waals surface area contributed by atoms with E-state index in [-0.39, 0.29) is 5.56 Å². The zero-order valence-electron chi connectivity index (χ0n) is 12.3. The molecule has 1 aromatic carbocycles. The van der Waals surface area contributed by atoms with Gasteiger partial charge in [-0.25, -0.2) is 4.79 Å². The first-order chi connectivity index (χ1) is 9.38. The molecule has 20 heavy (non-hydrogen) atoms. The number of methoxy groups -OCH3 is 1. The molecule has 0 radical (unpaired) electrons. The Morgan fingerprint density at radius 1 is 1.25 bits per heavy atom. The fraction of sp³-hybridized carbons (Fsp3) is 0.333. The van der Waals surface area contributed by atoms with Gasteiger partial charge in [0.2, 0.25) is 0 Å². The van der Waals surface area contributed by atoms with Crippen LogP contribution in [-0.2, 0) is 7.05 Å². The van der Waals surface area contributed by atoms with E-state index in [1.807, 2.05) is 26.0 Å². The summed E-state index contributed by atoms with van der Waals surface area (Å²) < 4.78 is 6.91. The predicted octanol–water partition coefficient (Wildman–Crippen LogP) is 2.72. The van der Waals surface area contributed by atoms with Crippen LogP contribution in [0.15, 0.2) is 12.1 Å². The largest absolute Gasteiger partial charge is 0.496 e. The first-order valence-electron chi connectivity index (χ1n) is 6.30. The third-order valence-corrected chi connectivity index (χ3v) is 3.65. The Morgan fingerprint density at radius 3 is 2.45 bits per heavy atom. The molecule has 5 nitrogen and oxygen atoms in total. The fourth-order valence-corrected chi connectivity index (χ4v) is 2.50. The molecular weight excluding hydrogens is 256 g/mol. The van der Waals surface area contributed by atoms with Crippen molar-refractivity contribution in [3.63, 3.8) is 0 Å². The Morgan fingerprint density at radius 2 is 1.90 bits per heavy atom. The molecule has 0 aliphatic carbocycles. The van der Waals surface area contributed by atoms with Gasteiger partial charge in [0.15, 0.2) is 0 Å². The van der Waals surface area contributed by atoms with E-state index in [1.54, 1.807) is 25.8 Å². The lowest BCUT2D eigenvalue weighted by molar-refractivity contribution is 0.0697. The topological polar surface area (TPSA) is 64.3 Å². The predicted molar refractivity (Wildman–Crippen MR) is 76.4 cm³/mol. The minimum atomic E-state index is -0.960. The van der Waals surface area contributed by atoms with Crippen molar-refractivity contribution in [2.45, 2.75) is 20.8 Å². The van der Waals surface area contributed by atoms with Crippen molar-refractivity contribution in [2.75, 3.05) is 7.11 Å². The first kappa shape index (κ1) is 14.1. The number of rotatable bonds is 3. The Labute approximate surface area is 117 Å². The molecule has 1 aromatic heterocycles. The molecule has 0 spiro atoms. The van der Waals surface area contributed by atoms with E-state index < -0.39 is 5.97 Å². The number of carbonyl (C=O) groups is 1. The number of aromatic carboxylic acids is 1. The molecule has 0 bridgehead atoms. The molecule has 2 aromatic rings. The van der Waals surface area contributed by atoms with Gasteiger partial charge in [-0.1, -0.05) is 0 Å². The Bertz CT molecular complexity index is 687. The molecule has 0 unspecified atom stereocenters. The van der Waals surface area contributed by atoms with Gasteiger partial charge in [-0.2, -0.15) is 5.10 Å². The number of hydrogen-bond donors (Lipinski definition) is 1. The standard InChI is InChI=1S/C15H18N2O3/c1-8-9(2)12(20-5)7-6-11(8)14-13(15(18)19)10(3)16-17(14)4/h6-7H,1-5H3,(H,18,19). The number of carboxylic acid groups (broad SMARTS) is 1. The van der Waals surface area contributed by atoms with Crippen LogP contribution >= 0.6 is 0 Å². The fourth-order valence-electron chi connectivity index (χ4n) is 2.50. The Balaban J connectivity index is 2.76. The maximum Gasteiger partial charge on any atom is 0.339 e. The number of nitrogens with zero attached hydrogens (tertiary/aromatic N) is 2. The lowest BCUT2D eigenvalue weighted by Gasteiger charge is -2.13. The van der Waals surface area contributed by atoms with Gasteiger partial charge in [0.05, 0.1) is 18.5 Å². The van der Waals surface area contributed by atoms with Crippen LogP contribution in [0.25, 0.3) is 11.3 Å². The smallest absolute Gasteiger partial charge is 0.339 e. The van der Waals surface area contributed by atoms with E-state index in [2.05, 4.69) is 5.10 Å². The third-order valence-electron chi connectivity index (χ3n) is 3.65. The van der Waals surface area contributed by atoms with Gasteiger partial charge in [0.25, 0.3) is 0 Å². The van der Waals surface area contributed by atoms with Gasteiger partial charge in [0, 0.05) is 12.6 Å². The number of aryl methyl sites for hydroxylation is 2. The van der Waals surface area contributed by atoms with Crippen molar-refractivity contribution in [1.82, 2.24) is 9.78 Å². The maximum absolute atomic E-state index is 11.5. The van der Waals surface area contributed by atoms with E-state index in [0.29, 0.717) is 11.4 Å². The van der Waals surface area contributed by atoms with Gasteiger partial charge in [-0.05, 0) is 44.0 Å². The van der Waals surface area contributed by atoms with Gasteiger partial charge in [-0.3, -0.25) is 4.68 Å². The summed E-state index contributed by atoms with van der Waals surface area (Å²) in [6, 6.07) is 3.73. The number of benzene rings is 1. The minimum absolute atomic E-state index is 0.250. The van der Waals surface area contributed by atoms with Crippen LogP contribution in [0, 0.1) is 20.8 Å². The van der Waals surface area contributed by atoms with Gasteiger partial charge >= 0.3 is 5.97 Å². The molecule has 5 heteroatoms. The number of aromatic nitrogens is 2. The number of hydrogen-bond acceptors (Lipinski definition) is 3. The summed E-state index contributed by atoms with van der Waals surface area (Å²) in [7, 11) is 3.38. The molecule has 106 valence electrons. The third kappa shape index (κ3) is 2.05. The first-order valence-corrected chi connectivity index (χ1v) is 6.30. The van der Waals surface area contributed by atoms with E-state index in [9.17, 15) is 9.90 Å². The summed E-state index contributed by atoms with van der Waals surface area (Å²) in [5, 5.41) is 13.6. The normalized spacial score (nSPS) is 10.7. The number of carboxylic acids is 1. The quantitative estimate of drug-likeness (QED) is 0.934. The summed E-state index contributed by atoms with van der Waals surface area (Å²) in [5.74, 6) is -0.166. The minimum Gasteiger partial charge on any atom is -0.496 e. The van der Waals surface area contributed by atoms with Crippen LogP contribution < -0.4 is 4.74 Å². The van der Waals surface area contributed by atoms with Crippen LogP contribution in [0.4, 0.5) is 0 Å². The maximum atomic E-state index is 11.5. The van der Waals surface area contributed by atoms with Crippen molar-refractivity contribution in [3.05, 3.63) is 34.5 Å². The summed E-state index contributed by atoms with van der Waals surface area (Å²) in [4.78, 5) is 11.5. The summed E-state index contributed by atoms with van der Waals surface area (Å²) in [6.07, 6.45) is 0. The second-order valence-electron chi connectivity index (χ2n) is 4.80. The van der Waals surface area contributed by atoms with Crippen LogP contribution in [0.2, 0.25) is 0 Å². The van der Waals surface area contributed by atoms with Gasteiger partial charge < -0.3 is 9.84 Å². The molecule has 0 saturated heterocycles. The van der Waals surface area contributed by atoms with E-state index in [4.69, 9.17) is 4.74 Å². The van der Waals surface area contributed by atoms with E-state index in [1.165, 1.54) is 0 Å². The molecule has 0 aliphatic rings. The van der Waals surface area contributed by atoms with Crippen LogP contribution in [0.1, 0.15) is 27.2 Å². The molecule has 0 aliphatic heterocycles. The SMILES string of the molecule is COc1ccc(-c2c(C(=O)O)c(C)nn2C)c(C)c1C. The molecule has 0 amide bonds. The lowest BCUT2D eigenvalue weighted by atomic mass is 9.97. The van der Waals surface area contributed by atoms with Crippen LogP contribution in [-0.4, -0.2) is 28.0 Å². The van der Waals surface area contributed by atoms with Crippen LogP contribution in [0.3, 0.4) is 0 Å². The summed E-state index contributed by atoms with van der Waals surface area (Å²) >= 11 is 0. The van der Waals surface area contributed by atoms with E-state index in [0.717, 1.165) is 22.4 Å². The van der Waals surface area contributed by atoms with Crippen molar-refractivity contribution in [3.8, 4) is 17.0 Å². The van der Waals surface area contributed by atoms with Crippen molar-refractivity contribution < 1.29 is 14.6 Å². The van der Waals surface area contributed by atoms with Gasteiger partial charge in [0.1, 0.15) is 11.3 Å². The molecule has 2 rings (SSSR count). The highest BCUT2D eigenvalue weighted by Crippen LogP contribution is 2.33. The van der Waals surface area contributed by atoms with E-state index >= 15 is 0 Å². The zero-order valence-corrected chi connectivity index (χ0v) is 12.3. The summed E-state index contributed by atoms with van der Waals surface area (Å²) in [6.45, 7) is 5.63. The molecule has 0 saturated carbocycles. The molecule has 0 fully saturated rings. The van der Waals surface area contributed by atoms with Crippen LogP contribution in [0.5, 0.6) is 5.75 Å². The number of ether oxygens (including phenoxy) is 1. The molecule has 1 heterocycles. The zero-order chi connectivity index (χ0) is 15.0. The molecule has 1 N–H and O–H groups in total. The second-order valence-corrected chi connectivity index (χ2v) is 4.80. The van der Waals surface area contributed by atoms with Crippen molar-refractivity contribution >= 4 is 5.97 Å². The second kappa shape index (κ2) is 5.00. The highest BCUT2D eigenvalue weighted by atomic mass is 16.5. The molecular formula is C15H18N2O3. The monoisotopic (exact) mass is 274 g/mol. The molecule has 0 atom stereocenters. The Hall–Kier alpha value is -2.30. The highest BCUT2D eigenvalue weighted by Gasteiger charge is 2.22. The van der Waals surface area contributed by atoms with Crippen molar-refractivity contribution in [2.24, 2.45) is 7.05 Å². The highest BCUT2D eigenvalue weighted by molar-refractivity contribution is 5.96. The van der Waals surface area contributed by atoms with Gasteiger partial charge in [-0.15, -0.1) is 0 Å². The Kier molecular flexibility index (Phi) is 3.53. The van der Waals surface area contributed by atoms with Crippen molar-refractivity contribution in [1.29, 1.82) is 0 Å². The lowest BCUT2D eigenvalue weighted by Crippen LogP contribution is -2.03.